The molecule has 0 aliphatic carbocycles. The number of rotatable bonds is 3. The summed E-state index contributed by atoms with van der Waals surface area (Å²) in [7, 11) is 3.23. The molecule has 0 bridgehead atoms. The highest BCUT2D eigenvalue weighted by Gasteiger charge is 2.21. The summed E-state index contributed by atoms with van der Waals surface area (Å²) >= 11 is 0. The molecule has 2 N–H and O–H groups in total. The van der Waals surface area contributed by atoms with Crippen molar-refractivity contribution in [3.63, 3.8) is 0 Å². The maximum absolute atomic E-state index is 13.1. The minimum atomic E-state index is -0.275. The van der Waals surface area contributed by atoms with E-state index in [0.29, 0.717) is 33.8 Å². The van der Waals surface area contributed by atoms with E-state index in [1.54, 1.807) is 38.7 Å². The second-order valence-corrected chi connectivity index (χ2v) is 6.28. The largest absolute Gasteiger partial charge is 0.505 e. The van der Waals surface area contributed by atoms with E-state index >= 15 is 0 Å². The average Bonchev–Trinajstić information content (AvgIpc) is 2.92. The van der Waals surface area contributed by atoms with Crippen LogP contribution in [0.2, 0.25) is 0 Å². The number of fused-ring (bicyclic) bond motifs is 2. The Morgan fingerprint density at radius 2 is 1.85 bits per heavy atom. The maximum atomic E-state index is 13.1. The van der Waals surface area contributed by atoms with Crippen molar-refractivity contribution in [1.29, 1.82) is 0 Å². The normalized spacial score (nSPS) is 11.3. The van der Waals surface area contributed by atoms with Gasteiger partial charge in [0.05, 0.1) is 12.5 Å². The van der Waals surface area contributed by atoms with E-state index in [1.165, 1.54) is 16.7 Å². The van der Waals surface area contributed by atoms with Crippen molar-refractivity contribution >= 4 is 21.7 Å². The van der Waals surface area contributed by atoms with Crippen molar-refractivity contribution in [1.82, 2.24) is 9.55 Å². The molecule has 2 heterocycles. The predicted molar refractivity (Wildman–Crippen MR) is 97.3 cm³/mol. The first-order chi connectivity index (χ1) is 12.5. The topological polar surface area (TPSA) is 67.5 Å². The highest BCUT2D eigenvalue weighted by molar-refractivity contribution is 6.11. The summed E-state index contributed by atoms with van der Waals surface area (Å²) in [5, 5.41) is 22.4. The van der Waals surface area contributed by atoms with Crippen molar-refractivity contribution in [2.24, 2.45) is 7.05 Å². The molecule has 0 atom stereocenters. The number of methoxy groups -OCH3 is 1. The molecule has 26 heavy (non-hydrogen) atoms. The van der Waals surface area contributed by atoms with Gasteiger partial charge in [0.15, 0.2) is 5.75 Å². The van der Waals surface area contributed by atoms with Crippen LogP contribution in [-0.4, -0.2) is 26.9 Å². The van der Waals surface area contributed by atoms with Crippen LogP contribution in [0.3, 0.4) is 0 Å². The van der Waals surface area contributed by atoms with Gasteiger partial charge in [-0.2, -0.15) is 0 Å². The van der Waals surface area contributed by atoms with E-state index in [-0.39, 0.29) is 17.4 Å². The lowest BCUT2D eigenvalue weighted by Gasteiger charge is -2.11. The van der Waals surface area contributed by atoms with Crippen LogP contribution in [0.4, 0.5) is 4.39 Å². The third kappa shape index (κ3) is 2.42. The standard InChI is InChI=1S/C20H17FN2O3/c1-23-10-15-16(20(23)25)18(24)17-14(19(15)26-2)8-12(9-22-17)7-11-3-5-13(21)6-4-11/h3-6,8-10,24-25H,7H2,1-2H3. The maximum Gasteiger partial charge on any atom is 0.202 e. The molecule has 132 valence electrons. The molecule has 0 amide bonds. The lowest BCUT2D eigenvalue weighted by molar-refractivity contribution is 0.423. The number of aromatic nitrogens is 2. The van der Waals surface area contributed by atoms with Gasteiger partial charge in [0.2, 0.25) is 5.88 Å². The van der Waals surface area contributed by atoms with Gasteiger partial charge in [0.1, 0.15) is 17.1 Å². The van der Waals surface area contributed by atoms with E-state index in [4.69, 9.17) is 4.74 Å². The Labute approximate surface area is 148 Å². The number of ether oxygens (including phenoxy) is 1. The Kier molecular flexibility index (Phi) is 3.68. The van der Waals surface area contributed by atoms with E-state index in [9.17, 15) is 14.6 Å². The van der Waals surface area contributed by atoms with Gasteiger partial charge < -0.3 is 19.5 Å². The molecular formula is C20H17FN2O3. The molecule has 0 saturated carbocycles. The lowest BCUT2D eigenvalue weighted by Crippen LogP contribution is -1.94. The third-order valence-electron chi connectivity index (χ3n) is 4.57. The molecule has 2 aromatic carbocycles. The molecular weight excluding hydrogens is 335 g/mol. The highest BCUT2D eigenvalue weighted by Crippen LogP contribution is 2.45. The second kappa shape index (κ2) is 5.91. The van der Waals surface area contributed by atoms with Crippen LogP contribution in [0.1, 0.15) is 11.1 Å². The van der Waals surface area contributed by atoms with Crippen molar-refractivity contribution < 1.29 is 19.3 Å². The van der Waals surface area contributed by atoms with Gasteiger partial charge in [-0.3, -0.25) is 4.98 Å². The minimum Gasteiger partial charge on any atom is -0.505 e. The minimum absolute atomic E-state index is 0.0464. The van der Waals surface area contributed by atoms with E-state index in [1.807, 2.05) is 6.07 Å². The van der Waals surface area contributed by atoms with Gasteiger partial charge in [-0.05, 0) is 35.7 Å². The van der Waals surface area contributed by atoms with Crippen molar-refractivity contribution in [2.75, 3.05) is 7.11 Å². The van der Waals surface area contributed by atoms with Gasteiger partial charge in [0, 0.05) is 30.2 Å². The zero-order valence-electron chi connectivity index (χ0n) is 14.3. The first-order valence-corrected chi connectivity index (χ1v) is 8.09. The van der Waals surface area contributed by atoms with Crippen molar-refractivity contribution in [3.8, 4) is 17.4 Å². The molecule has 0 fully saturated rings. The summed E-state index contributed by atoms with van der Waals surface area (Å²) in [5.41, 5.74) is 2.22. The molecule has 0 saturated heterocycles. The Morgan fingerprint density at radius 3 is 2.54 bits per heavy atom. The number of halogens is 1. The number of hydrogen-bond donors (Lipinski definition) is 2. The number of phenols is 1. The molecule has 0 aliphatic rings. The number of aromatic hydroxyl groups is 2. The van der Waals surface area contributed by atoms with Gasteiger partial charge >= 0.3 is 0 Å². The fourth-order valence-electron chi connectivity index (χ4n) is 3.31. The summed E-state index contributed by atoms with van der Waals surface area (Å²) in [6.07, 6.45) is 3.94. The number of hydrogen-bond acceptors (Lipinski definition) is 4. The fraction of sp³-hybridized carbons (Fsp3) is 0.150. The Morgan fingerprint density at radius 1 is 1.12 bits per heavy atom. The second-order valence-electron chi connectivity index (χ2n) is 6.28. The van der Waals surface area contributed by atoms with Crippen LogP contribution in [0.15, 0.2) is 42.7 Å². The lowest BCUT2D eigenvalue weighted by atomic mass is 10.0. The van der Waals surface area contributed by atoms with E-state index < -0.39 is 0 Å². The molecule has 0 aliphatic heterocycles. The number of aryl methyl sites for hydroxylation is 1. The van der Waals surface area contributed by atoms with Crippen LogP contribution >= 0.6 is 0 Å². The molecule has 0 radical (unpaired) electrons. The average molecular weight is 352 g/mol. The van der Waals surface area contributed by atoms with Crippen molar-refractivity contribution in [2.45, 2.75) is 6.42 Å². The molecule has 4 aromatic rings. The highest BCUT2D eigenvalue weighted by atomic mass is 19.1. The first kappa shape index (κ1) is 16.2. The summed E-state index contributed by atoms with van der Waals surface area (Å²) in [5.74, 6) is 0.137. The van der Waals surface area contributed by atoms with Gasteiger partial charge in [-0.1, -0.05) is 12.1 Å². The molecule has 6 heteroatoms. The Balaban J connectivity index is 1.92. The number of pyridine rings is 1. The zero-order valence-corrected chi connectivity index (χ0v) is 14.3. The van der Waals surface area contributed by atoms with Crippen LogP contribution in [-0.2, 0) is 13.5 Å². The first-order valence-electron chi connectivity index (χ1n) is 8.09. The van der Waals surface area contributed by atoms with Gasteiger partial charge in [0.25, 0.3) is 0 Å². The number of benzene rings is 2. The smallest absolute Gasteiger partial charge is 0.202 e. The van der Waals surface area contributed by atoms with Crippen molar-refractivity contribution in [3.05, 3.63) is 59.7 Å². The molecule has 0 unspecified atom stereocenters. The van der Waals surface area contributed by atoms with Gasteiger partial charge in [-0.25, -0.2) is 4.39 Å². The molecule has 5 nitrogen and oxygen atoms in total. The van der Waals surface area contributed by atoms with E-state index in [0.717, 1.165) is 11.1 Å². The molecule has 4 rings (SSSR count). The zero-order chi connectivity index (χ0) is 18.4. The predicted octanol–water partition coefficient (Wildman–Crippen LogP) is 3.88. The number of phenolic OH excluding ortho intramolecular Hbond substituents is 1. The Bertz CT molecular complexity index is 1130. The Hall–Kier alpha value is -3.28. The summed E-state index contributed by atoms with van der Waals surface area (Å²) in [4.78, 5) is 4.38. The quantitative estimate of drug-likeness (QED) is 0.587. The van der Waals surface area contributed by atoms with Gasteiger partial charge in [-0.15, -0.1) is 0 Å². The van der Waals surface area contributed by atoms with Crippen LogP contribution < -0.4 is 4.74 Å². The number of nitrogens with zero attached hydrogens (tertiary/aromatic N) is 2. The van der Waals surface area contributed by atoms with Crippen LogP contribution in [0.5, 0.6) is 17.4 Å². The molecule has 2 aromatic heterocycles. The third-order valence-corrected chi connectivity index (χ3v) is 4.57. The monoisotopic (exact) mass is 352 g/mol. The molecule has 0 spiro atoms. The fourth-order valence-corrected chi connectivity index (χ4v) is 3.31. The van der Waals surface area contributed by atoms with Crippen LogP contribution in [0.25, 0.3) is 21.7 Å². The summed E-state index contributed by atoms with van der Waals surface area (Å²) < 4.78 is 20.2. The summed E-state index contributed by atoms with van der Waals surface area (Å²) in [6.45, 7) is 0. The van der Waals surface area contributed by atoms with E-state index in [2.05, 4.69) is 4.98 Å². The van der Waals surface area contributed by atoms with Crippen LogP contribution in [0, 0.1) is 5.82 Å². The SMILES string of the molecule is COc1c2cc(Cc3ccc(F)cc3)cnc2c(O)c2c(O)n(C)cc12. The summed E-state index contributed by atoms with van der Waals surface area (Å²) in [6, 6.07) is 8.20.